The van der Waals surface area contributed by atoms with Crippen LogP contribution in [0.25, 0.3) is 0 Å². The first-order valence-corrected chi connectivity index (χ1v) is 11.0. The number of hydrogen-bond acceptors (Lipinski definition) is 3. The van der Waals surface area contributed by atoms with Crippen LogP contribution >= 0.6 is 34.8 Å². The Labute approximate surface area is 187 Å². The molecule has 0 atom stereocenters. The van der Waals surface area contributed by atoms with Crippen molar-refractivity contribution in [1.82, 2.24) is 0 Å². The number of halogens is 4. The third kappa shape index (κ3) is 5.05. The molecule has 0 heterocycles. The Morgan fingerprint density at radius 2 is 1.53 bits per heavy atom. The number of hydrogen-bond donors (Lipinski definition) is 2. The molecular formula is C20H14Cl3FN2O3S. The quantitative estimate of drug-likeness (QED) is 0.453. The van der Waals surface area contributed by atoms with Gasteiger partial charge >= 0.3 is 0 Å². The van der Waals surface area contributed by atoms with Gasteiger partial charge in [0, 0.05) is 10.0 Å². The van der Waals surface area contributed by atoms with Crippen LogP contribution in [0, 0.1) is 12.7 Å². The maximum absolute atomic E-state index is 14.5. The lowest BCUT2D eigenvalue weighted by Gasteiger charge is -2.12. The number of anilines is 2. The number of aryl methyl sites for hydroxylation is 1. The molecule has 0 bridgehead atoms. The standard InChI is InChI=1S/C20H14Cl3FN2O3S/c1-11-8-12(21)3-6-18(11)26-30(28,29)14-4-7-19(17(24)10-14)25-20(27)15-5-2-13(22)9-16(15)23/h2-10,26H,1H3,(H,25,27). The Kier molecular flexibility index (Phi) is 6.57. The van der Waals surface area contributed by atoms with Crippen LogP contribution in [0.4, 0.5) is 15.8 Å². The molecule has 0 aliphatic heterocycles. The molecule has 2 N–H and O–H groups in total. The van der Waals surface area contributed by atoms with Gasteiger partial charge in [-0.2, -0.15) is 0 Å². The molecule has 0 saturated heterocycles. The van der Waals surface area contributed by atoms with Crippen molar-refractivity contribution in [2.75, 3.05) is 10.0 Å². The van der Waals surface area contributed by atoms with E-state index in [-0.39, 0.29) is 21.2 Å². The molecule has 0 aliphatic rings. The third-order valence-electron chi connectivity index (χ3n) is 4.11. The summed E-state index contributed by atoms with van der Waals surface area (Å²) in [6.45, 7) is 1.69. The van der Waals surface area contributed by atoms with Gasteiger partial charge in [0.05, 0.1) is 26.9 Å². The second-order valence-corrected chi connectivity index (χ2v) is 9.25. The van der Waals surface area contributed by atoms with Gasteiger partial charge in [-0.15, -0.1) is 0 Å². The molecule has 156 valence electrons. The molecule has 0 fully saturated rings. The van der Waals surface area contributed by atoms with E-state index in [2.05, 4.69) is 10.0 Å². The minimum absolute atomic E-state index is 0.0945. The van der Waals surface area contributed by atoms with Crippen molar-refractivity contribution in [3.05, 3.63) is 86.6 Å². The Balaban J connectivity index is 1.82. The molecule has 3 aromatic rings. The molecule has 10 heteroatoms. The Morgan fingerprint density at radius 1 is 0.900 bits per heavy atom. The van der Waals surface area contributed by atoms with Crippen molar-refractivity contribution in [2.45, 2.75) is 11.8 Å². The molecule has 0 saturated carbocycles. The molecule has 0 spiro atoms. The highest BCUT2D eigenvalue weighted by atomic mass is 35.5. The Hall–Kier alpha value is -2.32. The van der Waals surface area contributed by atoms with Gasteiger partial charge in [0.15, 0.2) is 0 Å². The number of carbonyl (C=O) groups is 1. The second kappa shape index (κ2) is 8.81. The fraction of sp³-hybridized carbons (Fsp3) is 0.0500. The van der Waals surface area contributed by atoms with Gasteiger partial charge in [-0.05, 0) is 67.1 Å². The van der Waals surface area contributed by atoms with E-state index in [1.54, 1.807) is 13.0 Å². The van der Waals surface area contributed by atoms with Gasteiger partial charge < -0.3 is 5.32 Å². The van der Waals surface area contributed by atoms with Crippen LogP contribution in [0.1, 0.15) is 15.9 Å². The Bertz CT molecular complexity index is 1250. The molecule has 1 amide bonds. The fourth-order valence-corrected chi connectivity index (χ4v) is 4.44. The summed E-state index contributed by atoms with van der Waals surface area (Å²) in [5.41, 5.74) is 0.814. The number of nitrogens with one attached hydrogen (secondary N) is 2. The van der Waals surface area contributed by atoms with Gasteiger partial charge in [0.2, 0.25) is 0 Å². The monoisotopic (exact) mass is 486 g/mol. The zero-order chi connectivity index (χ0) is 22.1. The van der Waals surface area contributed by atoms with Gasteiger partial charge in [-0.3, -0.25) is 9.52 Å². The predicted octanol–water partition coefficient (Wildman–Crippen LogP) is 6.15. The minimum atomic E-state index is -4.06. The molecule has 0 unspecified atom stereocenters. The topological polar surface area (TPSA) is 75.3 Å². The van der Waals surface area contributed by atoms with E-state index >= 15 is 0 Å². The summed E-state index contributed by atoms with van der Waals surface area (Å²) < 4.78 is 42.1. The summed E-state index contributed by atoms with van der Waals surface area (Å²) in [7, 11) is -4.06. The molecule has 3 aromatic carbocycles. The van der Waals surface area contributed by atoms with Crippen LogP contribution in [0.15, 0.2) is 59.5 Å². The summed E-state index contributed by atoms with van der Waals surface area (Å²) in [6.07, 6.45) is 0. The highest BCUT2D eigenvalue weighted by molar-refractivity contribution is 7.92. The lowest BCUT2D eigenvalue weighted by Crippen LogP contribution is -2.16. The number of carbonyl (C=O) groups excluding carboxylic acids is 1. The zero-order valence-corrected chi connectivity index (χ0v) is 18.4. The summed E-state index contributed by atoms with van der Waals surface area (Å²) >= 11 is 17.6. The summed E-state index contributed by atoms with van der Waals surface area (Å²) in [5, 5.41) is 3.27. The van der Waals surface area contributed by atoms with Gasteiger partial charge in [-0.25, -0.2) is 12.8 Å². The largest absolute Gasteiger partial charge is 0.319 e. The molecule has 5 nitrogen and oxygen atoms in total. The molecular weight excluding hydrogens is 474 g/mol. The molecule has 0 aliphatic carbocycles. The predicted molar refractivity (Wildman–Crippen MR) is 118 cm³/mol. The first-order valence-electron chi connectivity index (χ1n) is 8.42. The van der Waals surface area contributed by atoms with E-state index in [9.17, 15) is 17.6 Å². The molecule has 3 rings (SSSR count). The molecule has 0 radical (unpaired) electrons. The molecule has 30 heavy (non-hydrogen) atoms. The summed E-state index contributed by atoms with van der Waals surface area (Å²) in [5.74, 6) is -1.59. The van der Waals surface area contributed by atoms with Gasteiger partial charge in [0.1, 0.15) is 5.82 Å². The average molecular weight is 488 g/mol. The number of benzene rings is 3. The number of amides is 1. The highest BCUT2D eigenvalue weighted by Crippen LogP contribution is 2.26. The fourth-order valence-electron chi connectivity index (χ4n) is 2.57. The van der Waals surface area contributed by atoms with E-state index in [0.717, 1.165) is 12.1 Å². The van der Waals surface area contributed by atoms with Crippen LogP contribution in [-0.4, -0.2) is 14.3 Å². The highest BCUT2D eigenvalue weighted by Gasteiger charge is 2.19. The zero-order valence-electron chi connectivity index (χ0n) is 15.3. The minimum Gasteiger partial charge on any atom is -0.319 e. The maximum atomic E-state index is 14.5. The van der Waals surface area contributed by atoms with Crippen molar-refractivity contribution in [3.63, 3.8) is 0 Å². The summed E-state index contributed by atoms with van der Waals surface area (Å²) in [6, 6.07) is 12.0. The van der Waals surface area contributed by atoms with Crippen LogP contribution < -0.4 is 10.0 Å². The first kappa shape index (κ1) is 22.4. The van der Waals surface area contributed by atoms with Crippen LogP contribution in [-0.2, 0) is 10.0 Å². The first-order chi connectivity index (χ1) is 14.1. The Morgan fingerprint density at radius 3 is 2.17 bits per heavy atom. The van der Waals surface area contributed by atoms with E-state index in [0.29, 0.717) is 21.3 Å². The van der Waals surface area contributed by atoms with E-state index < -0.39 is 21.7 Å². The number of rotatable bonds is 5. The van der Waals surface area contributed by atoms with E-state index in [4.69, 9.17) is 34.8 Å². The number of sulfonamides is 1. The van der Waals surface area contributed by atoms with Crippen molar-refractivity contribution in [2.24, 2.45) is 0 Å². The van der Waals surface area contributed by atoms with Crippen LogP contribution in [0.3, 0.4) is 0 Å². The third-order valence-corrected chi connectivity index (χ3v) is 6.25. The van der Waals surface area contributed by atoms with Gasteiger partial charge in [-0.1, -0.05) is 34.8 Å². The van der Waals surface area contributed by atoms with Crippen molar-refractivity contribution in [3.8, 4) is 0 Å². The smallest absolute Gasteiger partial charge is 0.262 e. The lowest BCUT2D eigenvalue weighted by molar-refractivity contribution is 0.102. The van der Waals surface area contributed by atoms with Crippen LogP contribution in [0.2, 0.25) is 15.1 Å². The van der Waals surface area contributed by atoms with Crippen molar-refractivity contribution in [1.29, 1.82) is 0 Å². The summed E-state index contributed by atoms with van der Waals surface area (Å²) in [4.78, 5) is 12.0. The maximum Gasteiger partial charge on any atom is 0.262 e. The van der Waals surface area contributed by atoms with E-state index in [1.165, 1.54) is 36.4 Å². The van der Waals surface area contributed by atoms with Crippen molar-refractivity contribution >= 4 is 62.1 Å². The van der Waals surface area contributed by atoms with Crippen LogP contribution in [0.5, 0.6) is 0 Å². The van der Waals surface area contributed by atoms with Gasteiger partial charge in [0.25, 0.3) is 15.9 Å². The molecule has 0 aromatic heterocycles. The van der Waals surface area contributed by atoms with E-state index in [1.807, 2.05) is 0 Å². The van der Waals surface area contributed by atoms with Crippen molar-refractivity contribution < 1.29 is 17.6 Å². The SMILES string of the molecule is Cc1cc(Cl)ccc1NS(=O)(=O)c1ccc(NC(=O)c2ccc(Cl)cc2Cl)c(F)c1. The normalized spacial score (nSPS) is 11.2. The average Bonchev–Trinajstić information content (AvgIpc) is 2.65. The second-order valence-electron chi connectivity index (χ2n) is 6.28. The lowest BCUT2D eigenvalue weighted by atomic mass is 10.2.